The molecule has 0 amide bonds. The van der Waals surface area contributed by atoms with Crippen LogP contribution in [0.4, 0.5) is 5.82 Å². The average Bonchev–Trinajstić information content (AvgIpc) is 2.16. The van der Waals surface area contributed by atoms with Crippen LogP contribution >= 0.6 is 0 Å². The molecule has 0 saturated heterocycles. The van der Waals surface area contributed by atoms with Crippen LogP contribution in [0.15, 0.2) is 4.79 Å². The highest BCUT2D eigenvalue weighted by molar-refractivity contribution is 5.92. The minimum absolute atomic E-state index is 0.00931. The van der Waals surface area contributed by atoms with Gasteiger partial charge < -0.3 is 15.7 Å². The number of anilines is 1. The summed E-state index contributed by atoms with van der Waals surface area (Å²) in [7, 11) is 1.57. The van der Waals surface area contributed by atoms with Crippen molar-refractivity contribution in [3.8, 4) is 0 Å². The molecular formula is C8H10N4O2. The Labute approximate surface area is 79.9 Å². The van der Waals surface area contributed by atoms with Gasteiger partial charge in [0.15, 0.2) is 11.6 Å². The second-order valence-electron chi connectivity index (χ2n) is 2.63. The molecule has 6 heteroatoms. The largest absolute Gasteiger partial charge is 0.372 e. The molecule has 0 radical (unpaired) electrons. The molecule has 1 aromatic rings. The number of nitrogens with zero attached hydrogens (tertiary/aromatic N) is 1. The van der Waals surface area contributed by atoms with Gasteiger partial charge in [-0.2, -0.15) is 0 Å². The van der Waals surface area contributed by atoms with Crippen LogP contribution in [0, 0.1) is 5.41 Å². The van der Waals surface area contributed by atoms with E-state index in [0.29, 0.717) is 0 Å². The van der Waals surface area contributed by atoms with Gasteiger partial charge in [-0.05, 0) is 0 Å². The van der Waals surface area contributed by atoms with Crippen LogP contribution < -0.4 is 10.9 Å². The first-order valence-corrected chi connectivity index (χ1v) is 3.93. The summed E-state index contributed by atoms with van der Waals surface area (Å²) < 4.78 is 0. The van der Waals surface area contributed by atoms with E-state index in [0.717, 1.165) is 6.21 Å². The van der Waals surface area contributed by atoms with Gasteiger partial charge in [0.2, 0.25) is 0 Å². The van der Waals surface area contributed by atoms with Gasteiger partial charge in [-0.3, -0.25) is 9.59 Å². The zero-order chi connectivity index (χ0) is 10.7. The van der Waals surface area contributed by atoms with E-state index < -0.39 is 5.56 Å². The molecule has 0 spiro atoms. The molecule has 0 aliphatic rings. The van der Waals surface area contributed by atoms with Gasteiger partial charge in [0.1, 0.15) is 5.82 Å². The number of rotatable bonds is 3. The Morgan fingerprint density at radius 3 is 2.71 bits per heavy atom. The number of aromatic nitrogens is 2. The first kappa shape index (κ1) is 10.1. The lowest BCUT2D eigenvalue weighted by Gasteiger charge is -2.03. The van der Waals surface area contributed by atoms with Crippen molar-refractivity contribution in [2.75, 3.05) is 12.4 Å². The molecule has 0 aromatic carbocycles. The Hall–Kier alpha value is -1.98. The van der Waals surface area contributed by atoms with Gasteiger partial charge in [0.25, 0.3) is 5.56 Å². The van der Waals surface area contributed by atoms with Crippen molar-refractivity contribution < 1.29 is 4.79 Å². The van der Waals surface area contributed by atoms with Crippen molar-refractivity contribution in [2.24, 2.45) is 0 Å². The summed E-state index contributed by atoms with van der Waals surface area (Å²) >= 11 is 0. The summed E-state index contributed by atoms with van der Waals surface area (Å²) in [6.07, 6.45) is 0.890. The molecule has 6 nitrogen and oxygen atoms in total. The highest BCUT2D eigenvalue weighted by Crippen LogP contribution is 2.03. The summed E-state index contributed by atoms with van der Waals surface area (Å²) in [6.45, 7) is 1.31. The van der Waals surface area contributed by atoms with Crippen molar-refractivity contribution in [1.29, 1.82) is 5.41 Å². The molecule has 0 fully saturated rings. The van der Waals surface area contributed by atoms with Crippen molar-refractivity contribution in [1.82, 2.24) is 9.97 Å². The third-order valence-corrected chi connectivity index (χ3v) is 1.67. The fourth-order valence-corrected chi connectivity index (χ4v) is 0.974. The second-order valence-corrected chi connectivity index (χ2v) is 2.63. The summed E-state index contributed by atoms with van der Waals surface area (Å²) in [5, 5.41) is 9.64. The van der Waals surface area contributed by atoms with Crippen LogP contribution in [0.25, 0.3) is 0 Å². The number of hydrogen-bond acceptors (Lipinski definition) is 5. The number of ketones is 1. The zero-order valence-electron chi connectivity index (χ0n) is 7.84. The molecule has 74 valence electrons. The van der Waals surface area contributed by atoms with E-state index in [1.54, 1.807) is 7.05 Å². The molecule has 1 aromatic heterocycles. The molecule has 0 saturated carbocycles. The smallest absolute Gasteiger partial charge is 0.262 e. The molecule has 0 aliphatic carbocycles. The van der Waals surface area contributed by atoms with Gasteiger partial charge in [-0.1, -0.05) is 0 Å². The van der Waals surface area contributed by atoms with Crippen LogP contribution in [0.3, 0.4) is 0 Å². The number of H-pyrrole nitrogens is 1. The minimum atomic E-state index is -0.496. The van der Waals surface area contributed by atoms with Gasteiger partial charge >= 0.3 is 0 Å². The molecule has 0 bridgehead atoms. The maximum atomic E-state index is 11.3. The van der Waals surface area contributed by atoms with Gasteiger partial charge in [-0.25, -0.2) is 4.98 Å². The van der Waals surface area contributed by atoms with E-state index in [9.17, 15) is 9.59 Å². The second kappa shape index (κ2) is 3.82. The summed E-state index contributed by atoms with van der Waals surface area (Å²) in [5.74, 6) is -0.103. The lowest BCUT2D eigenvalue weighted by molar-refractivity contribution is 0.100. The molecule has 0 atom stereocenters. The fourth-order valence-electron chi connectivity index (χ4n) is 0.974. The zero-order valence-corrected chi connectivity index (χ0v) is 7.84. The predicted octanol–water partition coefficient (Wildman–Crippen LogP) is 0.0119. The van der Waals surface area contributed by atoms with Crippen LogP contribution in [-0.2, 0) is 0 Å². The predicted molar refractivity (Wildman–Crippen MR) is 52.3 cm³/mol. The number of carbonyl (C=O) groups excluding carboxylic acids is 1. The number of Topliss-reactive ketones (excluding diaryl/α,β-unsaturated/α-hetero) is 1. The molecule has 1 rings (SSSR count). The van der Waals surface area contributed by atoms with Crippen molar-refractivity contribution in [3.05, 3.63) is 21.7 Å². The standard InChI is InChI=1S/C8H10N4O2/c1-4(13)6-11-7(10-2)5(3-9)8(14)12-6/h3,9H,1-2H3,(H2,10,11,12,14). The van der Waals surface area contributed by atoms with E-state index in [1.807, 2.05) is 0 Å². The maximum Gasteiger partial charge on any atom is 0.262 e. The average molecular weight is 194 g/mol. The Bertz CT molecular complexity index is 435. The first-order valence-electron chi connectivity index (χ1n) is 3.93. The van der Waals surface area contributed by atoms with E-state index in [2.05, 4.69) is 15.3 Å². The highest BCUT2D eigenvalue weighted by atomic mass is 16.1. The summed E-state index contributed by atoms with van der Waals surface area (Å²) in [4.78, 5) is 28.4. The minimum Gasteiger partial charge on any atom is -0.372 e. The SMILES string of the molecule is CNc1nc(C(C)=O)[nH]c(=O)c1C=N. The lowest BCUT2D eigenvalue weighted by atomic mass is 10.3. The third-order valence-electron chi connectivity index (χ3n) is 1.67. The van der Waals surface area contributed by atoms with Crippen molar-refractivity contribution >= 4 is 17.8 Å². The van der Waals surface area contributed by atoms with Gasteiger partial charge in [0.05, 0.1) is 5.56 Å². The van der Waals surface area contributed by atoms with Gasteiger partial charge in [0, 0.05) is 20.2 Å². The Morgan fingerprint density at radius 2 is 2.29 bits per heavy atom. The number of aromatic amines is 1. The van der Waals surface area contributed by atoms with Crippen LogP contribution in [0.5, 0.6) is 0 Å². The normalized spacial score (nSPS) is 9.57. The topological polar surface area (TPSA) is 98.7 Å². The molecule has 0 unspecified atom stereocenters. The van der Waals surface area contributed by atoms with Crippen LogP contribution in [0.2, 0.25) is 0 Å². The fraction of sp³-hybridized carbons (Fsp3) is 0.250. The lowest BCUT2D eigenvalue weighted by Crippen LogP contribution is -2.20. The van der Waals surface area contributed by atoms with Crippen molar-refractivity contribution in [2.45, 2.75) is 6.92 Å². The summed E-state index contributed by atoms with van der Waals surface area (Å²) in [5.41, 5.74) is -0.387. The Kier molecular flexibility index (Phi) is 2.76. The maximum absolute atomic E-state index is 11.3. The quantitative estimate of drug-likeness (QED) is 0.466. The highest BCUT2D eigenvalue weighted by Gasteiger charge is 2.10. The monoisotopic (exact) mass is 194 g/mol. The van der Waals surface area contributed by atoms with Crippen LogP contribution in [-0.4, -0.2) is 29.0 Å². The number of nitrogens with one attached hydrogen (secondary N) is 3. The first-order chi connectivity index (χ1) is 6.60. The van der Waals surface area contributed by atoms with Crippen LogP contribution in [0.1, 0.15) is 23.1 Å². The molecule has 3 N–H and O–H groups in total. The van der Waals surface area contributed by atoms with Gasteiger partial charge in [-0.15, -0.1) is 0 Å². The molecule has 1 heterocycles. The van der Waals surface area contributed by atoms with E-state index in [1.165, 1.54) is 6.92 Å². The van der Waals surface area contributed by atoms with E-state index in [-0.39, 0.29) is 23.0 Å². The third kappa shape index (κ3) is 1.68. The Morgan fingerprint density at radius 1 is 1.64 bits per heavy atom. The summed E-state index contributed by atoms with van der Waals surface area (Å²) in [6, 6.07) is 0. The molecular weight excluding hydrogens is 184 g/mol. The number of carbonyl (C=O) groups is 1. The molecule has 14 heavy (non-hydrogen) atoms. The van der Waals surface area contributed by atoms with E-state index >= 15 is 0 Å². The Balaban J connectivity index is 3.46. The van der Waals surface area contributed by atoms with Crippen molar-refractivity contribution in [3.63, 3.8) is 0 Å². The molecule has 0 aliphatic heterocycles. The van der Waals surface area contributed by atoms with E-state index in [4.69, 9.17) is 5.41 Å². The number of hydrogen-bond donors (Lipinski definition) is 3.